The molecule has 0 heterocycles. The molecule has 0 aliphatic heterocycles. The normalized spacial score (nSPS) is 12.1. The molecule has 4 N–H and O–H groups in total. The molecule has 11 heteroatoms. The number of ketones is 1. The van der Waals surface area contributed by atoms with Crippen LogP contribution in [-0.4, -0.2) is 71.2 Å². The Morgan fingerprint density at radius 3 is 1.93 bits per heavy atom. The standard InChI is InChI=1S/C17H21I3N2O6/c1-7(25)16(27)21-15-13(19)10(9(26)4-8(5-23)6-24)12(18)11(14(15)20)17(28)22(2)3/h7-8,23-25H,4-6H2,1-3H3,(H,21,27)/t7-/m0/s1. The molecule has 2 amide bonds. The minimum atomic E-state index is -1.27. The topological polar surface area (TPSA) is 127 Å². The average molecular weight is 730 g/mol. The van der Waals surface area contributed by atoms with Crippen molar-refractivity contribution in [3.63, 3.8) is 0 Å². The van der Waals surface area contributed by atoms with E-state index in [1.54, 1.807) is 14.1 Å². The van der Waals surface area contributed by atoms with Crippen molar-refractivity contribution in [3.8, 4) is 0 Å². The van der Waals surface area contributed by atoms with E-state index >= 15 is 0 Å². The predicted molar refractivity (Wildman–Crippen MR) is 130 cm³/mol. The SMILES string of the molecule is C[C@H](O)C(=O)Nc1c(I)c(C(=O)CC(CO)CO)c(I)c(C(=O)N(C)C)c1I. The number of carbonyl (C=O) groups is 3. The van der Waals surface area contributed by atoms with Gasteiger partial charge in [0.1, 0.15) is 6.10 Å². The van der Waals surface area contributed by atoms with Crippen LogP contribution in [0.15, 0.2) is 0 Å². The quantitative estimate of drug-likeness (QED) is 0.239. The maximum atomic E-state index is 12.9. The fourth-order valence-corrected chi connectivity index (χ4v) is 6.71. The number of hydrogen-bond donors (Lipinski definition) is 4. The van der Waals surface area contributed by atoms with Crippen molar-refractivity contribution in [1.82, 2.24) is 4.90 Å². The second kappa shape index (κ2) is 11.3. The van der Waals surface area contributed by atoms with Crippen LogP contribution in [0.5, 0.6) is 0 Å². The molecule has 1 aromatic rings. The molecule has 0 spiro atoms. The summed E-state index contributed by atoms with van der Waals surface area (Å²) in [6.07, 6.45) is -1.38. The minimum Gasteiger partial charge on any atom is -0.396 e. The van der Waals surface area contributed by atoms with Crippen molar-refractivity contribution in [1.29, 1.82) is 0 Å². The summed E-state index contributed by atoms with van der Waals surface area (Å²) in [5.74, 6) is -1.99. The smallest absolute Gasteiger partial charge is 0.255 e. The first-order chi connectivity index (χ1) is 13.0. The maximum absolute atomic E-state index is 12.9. The average Bonchev–Trinajstić information content (AvgIpc) is 2.62. The van der Waals surface area contributed by atoms with Crippen LogP contribution in [0.4, 0.5) is 5.69 Å². The first-order valence-electron chi connectivity index (χ1n) is 8.13. The van der Waals surface area contributed by atoms with Gasteiger partial charge in [-0.15, -0.1) is 0 Å². The number of halogens is 3. The number of aliphatic hydroxyl groups excluding tert-OH is 3. The number of nitrogens with one attached hydrogen (secondary N) is 1. The van der Waals surface area contributed by atoms with Gasteiger partial charge < -0.3 is 25.5 Å². The second-order valence-corrected chi connectivity index (χ2v) is 9.53. The molecule has 28 heavy (non-hydrogen) atoms. The number of rotatable bonds is 8. The van der Waals surface area contributed by atoms with Crippen LogP contribution < -0.4 is 5.32 Å². The van der Waals surface area contributed by atoms with Gasteiger partial charge in [-0.1, -0.05) is 0 Å². The number of hydrogen-bond acceptors (Lipinski definition) is 6. The Bertz CT molecular complexity index is 779. The Morgan fingerprint density at radius 1 is 1.00 bits per heavy atom. The summed E-state index contributed by atoms with van der Waals surface area (Å²) in [4.78, 5) is 39.1. The molecule has 0 aliphatic carbocycles. The Balaban J connectivity index is 3.69. The van der Waals surface area contributed by atoms with Gasteiger partial charge in [-0.25, -0.2) is 0 Å². The Labute approximate surface area is 203 Å². The van der Waals surface area contributed by atoms with Crippen molar-refractivity contribution >= 4 is 91.1 Å². The first-order valence-corrected chi connectivity index (χ1v) is 11.4. The lowest BCUT2D eigenvalue weighted by atomic mass is 9.97. The van der Waals surface area contributed by atoms with Gasteiger partial charge in [0, 0.05) is 52.4 Å². The molecule has 0 bridgehead atoms. The molecule has 0 radical (unpaired) electrons. The van der Waals surface area contributed by atoms with E-state index in [9.17, 15) is 29.7 Å². The molecule has 156 valence electrons. The van der Waals surface area contributed by atoms with Gasteiger partial charge in [0.15, 0.2) is 5.78 Å². The van der Waals surface area contributed by atoms with Crippen molar-refractivity contribution < 1.29 is 29.7 Å². The summed E-state index contributed by atoms with van der Waals surface area (Å²) in [5, 5.41) is 30.7. The number of aliphatic hydroxyl groups is 3. The summed E-state index contributed by atoms with van der Waals surface area (Å²) >= 11 is 5.77. The largest absolute Gasteiger partial charge is 0.396 e. The molecule has 0 fully saturated rings. The van der Waals surface area contributed by atoms with Crippen LogP contribution in [0, 0.1) is 16.6 Å². The lowest BCUT2D eigenvalue weighted by molar-refractivity contribution is -0.123. The van der Waals surface area contributed by atoms with Gasteiger partial charge in [-0.05, 0) is 74.7 Å². The number of Topliss-reactive ketones (excluding diaryl/α,β-unsaturated/α-hetero) is 1. The van der Waals surface area contributed by atoms with Gasteiger partial charge in [-0.3, -0.25) is 14.4 Å². The molecular formula is C17H21I3N2O6. The Hall–Kier alpha value is -0.100. The van der Waals surface area contributed by atoms with Crippen LogP contribution in [0.25, 0.3) is 0 Å². The van der Waals surface area contributed by atoms with E-state index < -0.39 is 17.9 Å². The van der Waals surface area contributed by atoms with Crippen molar-refractivity contribution in [2.24, 2.45) is 5.92 Å². The van der Waals surface area contributed by atoms with Gasteiger partial charge in [0.25, 0.3) is 11.8 Å². The molecule has 0 unspecified atom stereocenters. The van der Waals surface area contributed by atoms with E-state index in [0.29, 0.717) is 10.7 Å². The lowest BCUT2D eigenvalue weighted by Gasteiger charge is -2.22. The van der Waals surface area contributed by atoms with E-state index in [0.717, 1.165) is 0 Å². The number of benzene rings is 1. The highest BCUT2D eigenvalue weighted by Crippen LogP contribution is 2.37. The summed E-state index contributed by atoms with van der Waals surface area (Å²) in [6, 6.07) is 0. The number of nitrogens with zero attached hydrogens (tertiary/aromatic N) is 1. The fraction of sp³-hybridized carbons (Fsp3) is 0.471. The molecule has 1 atom stereocenters. The van der Waals surface area contributed by atoms with Crippen LogP contribution in [-0.2, 0) is 4.79 Å². The van der Waals surface area contributed by atoms with Crippen molar-refractivity contribution in [2.75, 3.05) is 32.6 Å². The van der Waals surface area contributed by atoms with Gasteiger partial charge in [-0.2, -0.15) is 0 Å². The van der Waals surface area contributed by atoms with Crippen molar-refractivity contribution in [3.05, 3.63) is 21.8 Å². The third-order valence-corrected chi connectivity index (χ3v) is 7.07. The molecule has 0 saturated heterocycles. The Kier molecular flexibility index (Phi) is 10.5. The van der Waals surface area contributed by atoms with E-state index in [1.807, 2.05) is 67.8 Å². The van der Waals surface area contributed by atoms with Crippen LogP contribution in [0.3, 0.4) is 0 Å². The van der Waals surface area contributed by atoms with Crippen molar-refractivity contribution in [2.45, 2.75) is 19.4 Å². The zero-order chi connectivity index (χ0) is 21.8. The fourth-order valence-electron chi connectivity index (χ4n) is 2.21. The third kappa shape index (κ3) is 5.96. The van der Waals surface area contributed by atoms with E-state index in [-0.39, 0.29) is 48.1 Å². The number of carbonyl (C=O) groups excluding carboxylic acids is 3. The zero-order valence-corrected chi connectivity index (χ0v) is 21.9. The lowest BCUT2D eigenvalue weighted by Crippen LogP contribution is -2.29. The summed E-state index contributed by atoms with van der Waals surface area (Å²) in [7, 11) is 3.16. The summed E-state index contributed by atoms with van der Waals surface area (Å²) < 4.78 is 1.31. The monoisotopic (exact) mass is 730 g/mol. The molecule has 8 nitrogen and oxygen atoms in total. The predicted octanol–water partition coefficient (Wildman–Crippen LogP) is 1.70. The third-order valence-electron chi connectivity index (χ3n) is 3.83. The van der Waals surface area contributed by atoms with Crippen LogP contribution in [0.1, 0.15) is 34.1 Å². The van der Waals surface area contributed by atoms with Gasteiger partial charge in [0.05, 0.1) is 14.8 Å². The number of anilines is 1. The molecule has 0 aromatic heterocycles. The molecule has 0 aliphatic rings. The number of amides is 2. The molecule has 1 rings (SSSR count). The van der Waals surface area contributed by atoms with Crippen LogP contribution in [0.2, 0.25) is 0 Å². The molecule has 1 aromatic carbocycles. The summed E-state index contributed by atoms with van der Waals surface area (Å²) in [5.41, 5.74) is 0.769. The highest BCUT2D eigenvalue weighted by molar-refractivity contribution is 14.1. The summed E-state index contributed by atoms with van der Waals surface area (Å²) in [6.45, 7) is 0.608. The highest BCUT2D eigenvalue weighted by Gasteiger charge is 2.30. The minimum absolute atomic E-state index is 0.112. The second-order valence-electron chi connectivity index (χ2n) is 6.29. The van der Waals surface area contributed by atoms with E-state index in [1.165, 1.54) is 11.8 Å². The first kappa shape index (κ1) is 25.9. The van der Waals surface area contributed by atoms with Gasteiger partial charge >= 0.3 is 0 Å². The Morgan fingerprint density at radius 2 is 1.50 bits per heavy atom. The highest BCUT2D eigenvalue weighted by atomic mass is 127. The van der Waals surface area contributed by atoms with Gasteiger partial charge in [0.2, 0.25) is 0 Å². The van der Waals surface area contributed by atoms with Crippen LogP contribution >= 0.6 is 67.8 Å². The van der Waals surface area contributed by atoms with E-state index in [2.05, 4.69) is 5.32 Å². The zero-order valence-electron chi connectivity index (χ0n) is 15.4. The maximum Gasteiger partial charge on any atom is 0.255 e. The molecular weight excluding hydrogens is 709 g/mol. The molecule has 0 saturated carbocycles. The van der Waals surface area contributed by atoms with E-state index in [4.69, 9.17) is 0 Å².